The molecule has 2 amide bonds. The first-order chi connectivity index (χ1) is 54.6. The van der Waals surface area contributed by atoms with Gasteiger partial charge in [-0.15, -0.1) is 11.8 Å². The van der Waals surface area contributed by atoms with Crippen molar-refractivity contribution in [2.24, 2.45) is 5.11 Å². The summed E-state index contributed by atoms with van der Waals surface area (Å²) in [6, 6.07) is 71.9. The van der Waals surface area contributed by atoms with E-state index in [0.29, 0.717) is 30.8 Å². The van der Waals surface area contributed by atoms with Crippen molar-refractivity contribution in [2.75, 3.05) is 19.4 Å². The van der Waals surface area contributed by atoms with Crippen LogP contribution >= 0.6 is 39.5 Å². The van der Waals surface area contributed by atoms with E-state index in [1.807, 2.05) is 94.6 Å². The van der Waals surface area contributed by atoms with E-state index >= 15 is 0 Å². The van der Waals surface area contributed by atoms with Gasteiger partial charge in [-0.3, -0.25) is 14.4 Å². The standard InChI is InChI=1S/C20H20S.C16H23NO3S.C16H25NO.C16H18Se.C13H14N2.C10H13N3.C9H9Br/c1-14-8-9-15(2)20(12-14)16(3)21-19-11-10-17-6-4-5-7-18(17)13-19;1-10-6-7-11(2)14(8-10)12(3)21-9-15(16(19)20-5)17-13(4)18;1-6-7-10-17(15(5)18)14(4)16-11-12(2)8-9-13(16)3;1-12-9-10-13(2)16(11-12)14(3)17-15-7-5-4-6-8-15;1-9-5-6-10(2)12(7-9)11(3)13(8-14)15-4;1-7-4-5-8(2)10(6-7)9(3)12-13-11;1-3-8-6-7(2)4-5-9(8)10/h4-13,16H,1-3H3;6-8,12,15H,9H2,1-5H3,(H,17,18);8-9,11,14H,6-7,10H2,1-5H3;4-11,14H,1-3H3;5-7,11,13H,1-3H3;4-6,9H,1-3H3;3-6H,1H2,2H3/t16-;12-,15-;2*14-;11-,13?;9-;/m000000./s1. The van der Waals surface area contributed by atoms with Gasteiger partial charge in [0.15, 0.2) is 6.07 Å². The zero-order chi connectivity index (χ0) is 85.6. The Morgan fingerprint density at radius 2 is 1.03 bits per heavy atom. The Morgan fingerprint density at radius 1 is 0.591 bits per heavy atom. The van der Waals surface area contributed by atoms with Crippen molar-refractivity contribution < 1.29 is 19.1 Å². The molecule has 115 heavy (non-hydrogen) atoms. The van der Waals surface area contributed by atoms with Crippen molar-refractivity contribution in [1.82, 2.24) is 10.2 Å². The second kappa shape index (κ2) is 50.8. The van der Waals surface area contributed by atoms with Gasteiger partial charge in [0.05, 0.1) is 25.1 Å². The van der Waals surface area contributed by atoms with Crippen LogP contribution in [-0.4, -0.2) is 69.1 Å². The van der Waals surface area contributed by atoms with E-state index in [-0.39, 0.29) is 35.1 Å². The minimum absolute atomic E-state index is 0.0209. The molecule has 0 saturated heterocycles. The predicted octanol–water partition coefficient (Wildman–Crippen LogP) is 26.8. The number of nitrogens with one attached hydrogen (secondary N) is 1. The second-order valence-corrected chi connectivity index (χ2v) is 36.2. The van der Waals surface area contributed by atoms with Gasteiger partial charge in [-0.25, -0.2) is 11.4 Å². The number of nitriles is 1. The molecule has 8 atom stereocenters. The number of nitrogens with zero attached hydrogens (tertiary/aromatic N) is 6. The summed E-state index contributed by atoms with van der Waals surface area (Å²) in [4.78, 5) is 44.7. The first-order valence-electron chi connectivity index (χ1n) is 39.3. The summed E-state index contributed by atoms with van der Waals surface area (Å²) in [5.74, 6) is -0.0126. The number of esters is 1. The molecule has 0 fully saturated rings. The molecule has 0 aromatic heterocycles. The van der Waals surface area contributed by atoms with Crippen molar-refractivity contribution in [1.29, 1.82) is 5.26 Å². The Balaban J connectivity index is 0.000000286. The number of hydrogen-bond acceptors (Lipinski definition) is 8. The number of ether oxygens (including phenoxy) is 1. The first kappa shape index (κ1) is 98.0. The molecule has 11 nitrogen and oxygen atoms in total. The van der Waals surface area contributed by atoms with Gasteiger partial charge in [-0.05, 0) is 206 Å². The molecule has 10 aromatic rings. The molecule has 1 N–H and O–H groups in total. The molecule has 0 spiro atoms. The van der Waals surface area contributed by atoms with Gasteiger partial charge in [0.1, 0.15) is 6.04 Å². The summed E-state index contributed by atoms with van der Waals surface area (Å²) < 4.78 is 7.31. The number of methoxy groups -OCH3 is 1. The molecule has 1 unspecified atom stereocenters. The maximum Gasteiger partial charge on any atom is 0.313 e. The minimum Gasteiger partial charge on any atom is -0.297 e. The summed E-state index contributed by atoms with van der Waals surface area (Å²) in [5, 5.41) is 18.5. The minimum atomic E-state index is -0.606. The molecule has 10 aromatic carbocycles. The van der Waals surface area contributed by atoms with Crippen LogP contribution in [0.25, 0.3) is 32.1 Å². The third kappa shape index (κ3) is 33.4. The molecule has 0 radical (unpaired) electrons. The van der Waals surface area contributed by atoms with E-state index in [4.69, 9.17) is 22.1 Å². The van der Waals surface area contributed by atoms with Crippen LogP contribution < -0.4 is 9.78 Å². The number of thioether (sulfide) groups is 2. The molecule has 0 aliphatic rings. The van der Waals surface area contributed by atoms with Crippen LogP contribution in [-0.2, 0) is 19.1 Å². The van der Waals surface area contributed by atoms with E-state index in [0.717, 1.165) is 46.1 Å². The third-order valence-electron chi connectivity index (χ3n) is 19.7. The van der Waals surface area contributed by atoms with E-state index in [1.165, 1.54) is 123 Å². The Bertz CT molecular complexity index is 4930. The van der Waals surface area contributed by atoms with Crippen molar-refractivity contribution >= 4 is 93.5 Å². The summed E-state index contributed by atoms with van der Waals surface area (Å²) in [6.07, 6.45) is 4.02. The van der Waals surface area contributed by atoms with E-state index in [1.54, 1.807) is 18.7 Å². The molecule has 15 heteroatoms. The number of carbonyl (C=O) groups is 3. The number of halogens is 1. The first-order valence-corrected chi connectivity index (χ1v) is 43.9. The normalized spacial score (nSPS) is 12.4. The number of hydrogen-bond donors (Lipinski definition) is 1. The number of fused-ring (bicyclic) bond motifs is 1. The van der Waals surface area contributed by atoms with Crippen LogP contribution in [0.2, 0.25) is 0 Å². The number of unbranched alkanes of at least 4 members (excludes halogenated alkanes) is 1. The zero-order valence-electron chi connectivity index (χ0n) is 72.2. The van der Waals surface area contributed by atoms with Gasteiger partial charge in [-0.1, -0.05) is 221 Å². The Kier molecular flexibility index (Phi) is 43.3. The molecular formula is C100H122BrN7O4S2Se. The number of amides is 2. The topological polar surface area (TPSA) is 153 Å². The number of aryl methyl sites for hydroxylation is 13. The largest absolute Gasteiger partial charge is 0.313 e. The number of benzene rings is 10. The Morgan fingerprint density at radius 3 is 1.51 bits per heavy atom. The van der Waals surface area contributed by atoms with Gasteiger partial charge in [0.2, 0.25) is 11.8 Å². The van der Waals surface area contributed by atoms with Crippen molar-refractivity contribution in [3.05, 3.63) is 344 Å². The summed E-state index contributed by atoms with van der Waals surface area (Å²) in [7, 11) is 1.33. The predicted molar refractivity (Wildman–Crippen MR) is 496 cm³/mol. The molecule has 10 rings (SSSR count). The van der Waals surface area contributed by atoms with Crippen molar-refractivity contribution in [2.45, 2.75) is 215 Å². The molecule has 0 bridgehead atoms. The fourth-order valence-electron chi connectivity index (χ4n) is 12.9. The summed E-state index contributed by atoms with van der Waals surface area (Å²) in [6.45, 7) is 56.7. The fraction of sp³-hybridized carbons (Fsp3) is 0.350. The van der Waals surface area contributed by atoms with Crippen LogP contribution in [0, 0.1) is 108 Å². The maximum atomic E-state index is 11.8. The fourth-order valence-corrected chi connectivity index (χ4v) is 17.9. The van der Waals surface area contributed by atoms with E-state index in [2.05, 4.69) is 316 Å². The number of rotatable bonds is 22. The van der Waals surface area contributed by atoms with Gasteiger partial charge in [0.25, 0.3) is 0 Å². The average Bonchev–Trinajstić information content (AvgIpc) is 0.848. The van der Waals surface area contributed by atoms with Crippen molar-refractivity contribution in [3.8, 4) is 6.07 Å². The Hall–Kier alpha value is -9.40. The summed E-state index contributed by atoms with van der Waals surface area (Å²) >= 11 is 7.50. The zero-order valence-corrected chi connectivity index (χ0v) is 77.1. The smallest absolute Gasteiger partial charge is 0.297 e. The Labute approximate surface area is 713 Å². The maximum absolute atomic E-state index is 11.8. The summed E-state index contributed by atoms with van der Waals surface area (Å²) in [5.41, 5.74) is 33.6. The SMILES string of the molecule is C=Cc1cc(C)ccc1Br.CCCCN(C(C)=O)[C@@H](C)c1cc(C)ccc1C.COC(=O)[C@H](CS[C@@H](C)c1cc(C)ccc1C)NC(C)=O.Cc1ccc(C)c([C@H](C)N=[N+]=[N-])c1.Cc1ccc(C)c([C@H](C)Sc2ccc3ccccc3c2)c1.Cc1ccc(C)c([C@H](C)[Se]c2ccccc2)c1.[C-]#[N+]C(C#N)[C@@H](C)c1cc(C)ccc1C. The third-order valence-corrected chi connectivity index (χ3v) is 25.3. The average molecular weight is 1710 g/mol. The molecular weight excluding hydrogens is 1590 g/mol. The molecule has 0 aliphatic heterocycles. The molecule has 606 valence electrons. The second-order valence-electron chi connectivity index (χ2n) is 29.6. The molecule has 0 saturated carbocycles. The van der Waals surface area contributed by atoms with Crippen LogP contribution in [0.5, 0.6) is 0 Å². The van der Waals surface area contributed by atoms with E-state index in [9.17, 15) is 14.4 Å². The van der Waals surface area contributed by atoms with Crippen molar-refractivity contribution in [3.63, 3.8) is 0 Å². The van der Waals surface area contributed by atoms with Crippen LogP contribution in [0.1, 0.15) is 220 Å². The van der Waals surface area contributed by atoms with Crippen LogP contribution in [0.4, 0.5) is 0 Å². The van der Waals surface area contributed by atoms with Gasteiger partial charge < -0.3 is 15.0 Å². The van der Waals surface area contributed by atoms with Gasteiger partial charge >= 0.3 is 122 Å². The van der Waals surface area contributed by atoms with Gasteiger partial charge in [-0.2, -0.15) is 17.0 Å². The molecule has 0 aliphatic carbocycles. The number of carbonyl (C=O) groups excluding carboxylic acids is 3. The van der Waals surface area contributed by atoms with Crippen LogP contribution in [0.15, 0.2) is 221 Å². The van der Waals surface area contributed by atoms with Crippen LogP contribution in [0.3, 0.4) is 0 Å². The van der Waals surface area contributed by atoms with E-state index < -0.39 is 18.1 Å². The quantitative estimate of drug-likeness (QED) is 0.0135. The monoisotopic (exact) mass is 1710 g/mol. The number of azide groups is 1. The van der Waals surface area contributed by atoms with Gasteiger partial charge in [0, 0.05) is 50.9 Å². The molecule has 0 heterocycles.